The fourth-order valence-corrected chi connectivity index (χ4v) is 6.78. The standard InChI is InChI=1S/C47H76O12S/c1-3-5-7-9-11-13-15-17-19-20-22-23-25-27-29-31-33-35-42(48)56-37-40(38-57-47-46(52)45(51)44(50)41(59-47)39-60(53,54)55)58-43(49)36-34-32-30-28-26-24-21-18-16-14-12-10-8-6-4-2/h5-8,11-14,17-19,21,26,28,40-41,44-47,50-52H,3-4,9-10,15-16,20,22-25,27,29-39H2,1-2H3,(H,53,54,55)/b7-5-,8-6-,13-11-,14-12-,19-17-,21-18-,28-26-. The van der Waals surface area contributed by atoms with Crippen LogP contribution in [0.15, 0.2) is 85.1 Å². The molecule has 13 heteroatoms. The molecule has 6 atom stereocenters. The smallest absolute Gasteiger partial charge is 0.306 e. The fourth-order valence-electron chi connectivity index (χ4n) is 6.09. The summed E-state index contributed by atoms with van der Waals surface area (Å²) in [6.45, 7) is 3.47. The molecular formula is C47H76O12S. The van der Waals surface area contributed by atoms with Gasteiger partial charge in [-0.15, -0.1) is 0 Å². The summed E-state index contributed by atoms with van der Waals surface area (Å²) in [7, 11) is -4.61. The van der Waals surface area contributed by atoms with Gasteiger partial charge < -0.3 is 34.3 Å². The first-order valence-electron chi connectivity index (χ1n) is 22.1. The van der Waals surface area contributed by atoms with Crippen LogP contribution in [0.5, 0.6) is 0 Å². The number of ether oxygens (including phenoxy) is 4. The minimum Gasteiger partial charge on any atom is -0.462 e. The molecule has 0 aromatic carbocycles. The molecule has 342 valence electrons. The second-order valence-electron chi connectivity index (χ2n) is 14.9. The molecule has 0 aromatic heterocycles. The normalized spacial score (nSPS) is 20.9. The van der Waals surface area contributed by atoms with Crippen LogP contribution in [0.4, 0.5) is 0 Å². The van der Waals surface area contributed by atoms with Crippen LogP contribution in [0, 0.1) is 0 Å². The van der Waals surface area contributed by atoms with E-state index >= 15 is 0 Å². The van der Waals surface area contributed by atoms with E-state index in [1.165, 1.54) is 6.42 Å². The molecule has 0 saturated carbocycles. The highest BCUT2D eigenvalue weighted by Crippen LogP contribution is 2.24. The number of allylic oxidation sites excluding steroid dienone is 14. The van der Waals surface area contributed by atoms with Crippen molar-refractivity contribution in [2.45, 2.75) is 179 Å². The molecule has 1 rings (SSSR count). The van der Waals surface area contributed by atoms with Crippen molar-refractivity contribution in [3.8, 4) is 0 Å². The Morgan fingerprint density at radius 1 is 0.567 bits per heavy atom. The van der Waals surface area contributed by atoms with E-state index < -0.39 is 71.2 Å². The van der Waals surface area contributed by atoms with Crippen LogP contribution in [0.2, 0.25) is 0 Å². The highest BCUT2D eigenvalue weighted by Gasteiger charge is 2.46. The van der Waals surface area contributed by atoms with E-state index in [1.54, 1.807) is 0 Å². The number of carbonyl (C=O) groups is 2. The number of unbranched alkanes of at least 4 members (excludes halogenated alkanes) is 9. The average molecular weight is 865 g/mol. The molecule has 1 heterocycles. The Morgan fingerprint density at radius 3 is 1.52 bits per heavy atom. The van der Waals surface area contributed by atoms with Gasteiger partial charge in [0.1, 0.15) is 36.8 Å². The average Bonchev–Trinajstić information content (AvgIpc) is 3.21. The maximum Gasteiger partial charge on any atom is 0.306 e. The van der Waals surface area contributed by atoms with Crippen molar-refractivity contribution >= 4 is 22.1 Å². The lowest BCUT2D eigenvalue weighted by Gasteiger charge is -2.40. The van der Waals surface area contributed by atoms with Crippen LogP contribution in [0.25, 0.3) is 0 Å². The van der Waals surface area contributed by atoms with Crippen LogP contribution in [0.3, 0.4) is 0 Å². The van der Waals surface area contributed by atoms with Gasteiger partial charge in [0.2, 0.25) is 0 Å². The first-order valence-corrected chi connectivity index (χ1v) is 23.8. The Bertz CT molecular complexity index is 1430. The van der Waals surface area contributed by atoms with Crippen molar-refractivity contribution in [3.63, 3.8) is 0 Å². The summed E-state index contributed by atoms with van der Waals surface area (Å²) in [6, 6.07) is 0. The summed E-state index contributed by atoms with van der Waals surface area (Å²) in [5, 5.41) is 30.9. The lowest BCUT2D eigenvalue weighted by atomic mass is 10.00. The molecule has 60 heavy (non-hydrogen) atoms. The van der Waals surface area contributed by atoms with E-state index in [0.717, 1.165) is 96.3 Å². The number of hydrogen-bond donors (Lipinski definition) is 4. The Kier molecular flexibility index (Phi) is 33.3. The quantitative estimate of drug-likeness (QED) is 0.0206. The molecule has 0 spiro atoms. The Balaban J connectivity index is 2.49. The van der Waals surface area contributed by atoms with E-state index in [2.05, 4.69) is 98.9 Å². The van der Waals surface area contributed by atoms with Crippen molar-refractivity contribution in [1.29, 1.82) is 0 Å². The van der Waals surface area contributed by atoms with E-state index in [0.29, 0.717) is 12.8 Å². The van der Waals surface area contributed by atoms with Gasteiger partial charge in [-0.05, 0) is 83.5 Å². The molecule has 0 aliphatic carbocycles. The van der Waals surface area contributed by atoms with Gasteiger partial charge in [-0.1, -0.05) is 131 Å². The highest BCUT2D eigenvalue weighted by molar-refractivity contribution is 7.85. The molecule has 6 unspecified atom stereocenters. The van der Waals surface area contributed by atoms with Gasteiger partial charge >= 0.3 is 11.9 Å². The molecule has 1 aliphatic heterocycles. The third-order valence-electron chi connectivity index (χ3n) is 9.47. The minimum absolute atomic E-state index is 0.105. The lowest BCUT2D eigenvalue weighted by Crippen LogP contribution is -2.60. The molecule has 0 aromatic rings. The molecule has 1 aliphatic rings. The predicted molar refractivity (Wildman–Crippen MR) is 238 cm³/mol. The molecular weight excluding hydrogens is 789 g/mol. The lowest BCUT2D eigenvalue weighted by molar-refractivity contribution is -0.297. The molecule has 12 nitrogen and oxygen atoms in total. The zero-order valence-electron chi connectivity index (χ0n) is 36.3. The SMILES string of the molecule is CC/C=C\C/C=C\C/C=C\C/C=C\CCCCC(=O)OC(COC(=O)CCCCCCCCC/C=C\C/C=C\C/C=C\CC)COC1OC(CS(=O)(=O)O)C(O)C(O)C1O. The maximum atomic E-state index is 12.8. The molecule has 0 amide bonds. The second-order valence-corrected chi connectivity index (χ2v) is 16.4. The number of hydrogen-bond acceptors (Lipinski definition) is 11. The maximum absolute atomic E-state index is 12.8. The first kappa shape index (κ1) is 54.8. The van der Waals surface area contributed by atoms with E-state index in [4.69, 9.17) is 18.9 Å². The first-order chi connectivity index (χ1) is 29.0. The molecule has 1 fully saturated rings. The highest BCUT2D eigenvalue weighted by atomic mass is 32.2. The van der Waals surface area contributed by atoms with Gasteiger partial charge in [0, 0.05) is 12.8 Å². The molecule has 1 saturated heterocycles. The van der Waals surface area contributed by atoms with Gasteiger partial charge in [-0.3, -0.25) is 14.1 Å². The number of esters is 2. The van der Waals surface area contributed by atoms with Gasteiger partial charge in [-0.2, -0.15) is 8.42 Å². The summed E-state index contributed by atoms with van der Waals surface area (Å²) < 4.78 is 54.0. The van der Waals surface area contributed by atoms with E-state index in [-0.39, 0.29) is 19.4 Å². The third kappa shape index (κ3) is 30.8. The molecule has 0 radical (unpaired) electrons. The largest absolute Gasteiger partial charge is 0.462 e. The van der Waals surface area contributed by atoms with Gasteiger partial charge in [0.05, 0.1) is 6.61 Å². The summed E-state index contributed by atoms with van der Waals surface area (Å²) in [6.07, 6.45) is 37.7. The van der Waals surface area contributed by atoms with E-state index in [1.807, 2.05) is 0 Å². The van der Waals surface area contributed by atoms with E-state index in [9.17, 15) is 37.9 Å². The minimum atomic E-state index is -4.61. The number of aliphatic hydroxyl groups is 3. The number of aliphatic hydroxyl groups excluding tert-OH is 3. The molecule has 0 bridgehead atoms. The van der Waals surface area contributed by atoms with Crippen molar-refractivity contribution in [1.82, 2.24) is 0 Å². The predicted octanol–water partition coefficient (Wildman–Crippen LogP) is 8.89. The number of rotatable bonds is 35. The number of carbonyl (C=O) groups excluding carboxylic acids is 2. The monoisotopic (exact) mass is 865 g/mol. The Hall–Kier alpha value is -3.17. The van der Waals surface area contributed by atoms with Crippen LogP contribution < -0.4 is 0 Å². The van der Waals surface area contributed by atoms with Crippen LogP contribution in [-0.2, 0) is 38.7 Å². The van der Waals surface area contributed by atoms with Gasteiger partial charge in [0.15, 0.2) is 12.4 Å². The van der Waals surface area contributed by atoms with Crippen molar-refractivity contribution in [2.24, 2.45) is 0 Å². The summed E-state index contributed by atoms with van der Waals surface area (Å²) in [5.41, 5.74) is 0. The van der Waals surface area contributed by atoms with Crippen LogP contribution >= 0.6 is 0 Å². The van der Waals surface area contributed by atoms with Crippen molar-refractivity contribution < 1.29 is 56.8 Å². The fraction of sp³-hybridized carbons (Fsp3) is 0.660. The summed E-state index contributed by atoms with van der Waals surface area (Å²) >= 11 is 0. The zero-order chi connectivity index (χ0) is 44.1. The molecule has 4 N–H and O–H groups in total. The van der Waals surface area contributed by atoms with Crippen molar-refractivity contribution in [3.05, 3.63) is 85.1 Å². The van der Waals surface area contributed by atoms with Crippen LogP contribution in [-0.4, -0.2) is 96.0 Å². The van der Waals surface area contributed by atoms with Gasteiger partial charge in [0.25, 0.3) is 10.1 Å². The Morgan fingerprint density at radius 2 is 1.00 bits per heavy atom. The summed E-state index contributed by atoms with van der Waals surface area (Å²) in [5.74, 6) is -2.06. The summed E-state index contributed by atoms with van der Waals surface area (Å²) in [4.78, 5) is 25.4. The van der Waals surface area contributed by atoms with Crippen LogP contribution in [0.1, 0.15) is 142 Å². The zero-order valence-corrected chi connectivity index (χ0v) is 37.1. The topological polar surface area (TPSA) is 186 Å². The van der Waals surface area contributed by atoms with Crippen molar-refractivity contribution in [2.75, 3.05) is 19.0 Å². The van der Waals surface area contributed by atoms with Gasteiger partial charge in [-0.25, -0.2) is 0 Å². The third-order valence-corrected chi connectivity index (χ3v) is 10.2. The second kappa shape index (κ2) is 36.5. The Labute approximate surface area is 360 Å².